The van der Waals surface area contributed by atoms with E-state index in [2.05, 4.69) is 5.32 Å². The molecule has 0 aromatic heterocycles. The first-order valence-electron chi connectivity index (χ1n) is 9.62. The van der Waals surface area contributed by atoms with Gasteiger partial charge in [-0.1, -0.05) is 24.3 Å². The number of benzene rings is 2. The number of hydrogen-bond donors (Lipinski definition) is 1. The average Bonchev–Trinajstić information content (AvgIpc) is 3.27. The maximum atomic E-state index is 12.9. The fraction of sp³-hybridized carbons (Fsp3) is 0.318. The maximum absolute atomic E-state index is 12.9. The number of rotatable bonds is 4. The molecular formula is C22H22N2O4S2. The van der Waals surface area contributed by atoms with Crippen molar-refractivity contribution in [1.82, 2.24) is 0 Å². The van der Waals surface area contributed by atoms with Gasteiger partial charge in [-0.15, -0.1) is 23.5 Å². The van der Waals surface area contributed by atoms with Crippen molar-refractivity contribution in [2.24, 2.45) is 0 Å². The van der Waals surface area contributed by atoms with Crippen LogP contribution in [0, 0.1) is 0 Å². The van der Waals surface area contributed by atoms with Gasteiger partial charge in [-0.3, -0.25) is 14.5 Å². The van der Waals surface area contributed by atoms with Crippen molar-refractivity contribution < 1.29 is 19.1 Å². The molecule has 0 unspecified atom stereocenters. The summed E-state index contributed by atoms with van der Waals surface area (Å²) in [6.45, 7) is 2.88. The van der Waals surface area contributed by atoms with E-state index in [1.807, 2.05) is 35.7 Å². The second kappa shape index (κ2) is 8.35. The number of anilines is 2. The molecule has 4 rings (SSSR count). The topological polar surface area (TPSA) is 75.7 Å². The second-order valence-corrected chi connectivity index (χ2v) is 10.3. The van der Waals surface area contributed by atoms with Gasteiger partial charge in [-0.2, -0.15) is 0 Å². The number of fused-ring (bicyclic) bond motifs is 1. The zero-order valence-corrected chi connectivity index (χ0v) is 18.3. The van der Waals surface area contributed by atoms with Crippen molar-refractivity contribution in [3.63, 3.8) is 0 Å². The molecule has 1 fully saturated rings. The minimum absolute atomic E-state index is 0.292. The lowest BCUT2D eigenvalue weighted by Crippen LogP contribution is -2.59. The summed E-state index contributed by atoms with van der Waals surface area (Å²) in [5, 5.41) is 2.81. The number of thioether (sulfide) groups is 2. The van der Waals surface area contributed by atoms with E-state index >= 15 is 0 Å². The Labute approximate surface area is 183 Å². The molecule has 2 amide bonds. The molecule has 0 bridgehead atoms. The van der Waals surface area contributed by atoms with Gasteiger partial charge < -0.3 is 10.1 Å². The summed E-state index contributed by atoms with van der Waals surface area (Å²) in [5.41, 5.74) is 1.61. The van der Waals surface area contributed by atoms with Crippen molar-refractivity contribution in [3.8, 4) is 0 Å². The first-order chi connectivity index (χ1) is 14.4. The second-order valence-electron chi connectivity index (χ2n) is 7.53. The zero-order chi connectivity index (χ0) is 21.3. The van der Waals surface area contributed by atoms with Gasteiger partial charge in [0, 0.05) is 11.5 Å². The normalized spacial score (nSPS) is 17.9. The lowest BCUT2D eigenvalue weighted by atomic mass is 9.96. The van der Waals surface area contributed by atoms with E-state index in [0.29, 0.717) is 21.5 Å². The third-order valence-electron chi connectivity index (χ3n) is 5.12. The summed E-state index contributed by atoms with van der Waals surface area (Å²) in [4.78, 5) is 39.3. The van der Waals surface area contributed by atoms with Crippen LogP contribution >= 0.6 is 23.5 Å². The molecule has 0 saturated carbocycles. The van der Waals surface area contributed by atoms with Gasteiger partial charge in [0.05, 0.1) is 21.5 Å². The van der Waals surface area contributed by atoms with E-state index in [9.17, 15) is 14.4 Å². The molecule has 156 valence electrons. The number of amides is 2. The highest BCUT2D eigenvalue weighted by atomic mass is 32.2. The van der Waals surface area contributed by atoms with Crippen LogP contribution in [0.15, 0.2) is 48.5 Å². The molecule has 2 aliphatic heterocycles. The molecule has 2 aromatic rings. The lowest BCUT2D eigenvalue weighted by molar-refractivity contribution is -0.128. The molecule has 1 saturated heterocycles. The van der Waals surface area contributed by atoms with Gasteiger partial charge in [0.15, 0.2) is 6.61 Å². The van der Waals surface area contributed by atoms with E-state index in [-0.39, 0.29) is 5.91 Å². The zero-order valence-electron chi connectivity index (χ0n) is 16.7. The van der Waals surface area contributed by atoms with Crippen LogP contribution in [-0.2, 0) is 14.3 Å². The maximum Gasteiger partial charge on any atom is 0.338 e. The molecule has 2 aromatic carbocycles. The number of carbonyl (C=O) groups excluding carboxylic acids is 3. The highest BCUT2D eigenvalue weighted by molar-refractivity contribution is 8.19. The van der Waals surface area contributed by atoms with Gasteiger partial charge >= 0.3 is 5.97 Å². The average molecular weight is 443 g/mol. The van der Waals surface area contributed by atoms with Crippen LogP contribution in [0.2, 0.25) is 0 Å². The smallest absolute Gasteiger partial charge is 0.338 e. The number of para-hydroxylation sites is 2. The Morgan fingerprint density at radius 1 is 1.10 bits per heavy atom. The van der Waals surface area contributed by atoms with E-state index in [1.54, 1.807) is 50.2 Å². The summed E-state index contributed by atoms with van der Waals surface area (Å²) >= 11 is 3.80. The van der Waals surface area contributed by atoms with Crippen LogP contribution in [0.1, 0.15) is 34.4 Å². The number of nitrogens with zero attached hydrogens (tertiary/aromatic N) is 1. The van der Waals surface area contributed by atoms with Crippen LogP contribution < -0.4 is 10.2 Å². The Morgan fingerprint density at radius 3 is 2.47 bits per heavy atom. The third-order valence-corrected chi connectivity index (χ3v) is 8.23. The predicted octanol–water partition coefficient (Wildman–Crippen LogP) is 4.09. The molecule has 6 nitrogen and oxygen atoms in total. The van der Waals surface area contributed by atoms with Crippen molar-refractivity contribution in [2.75, 3.05) is 28.3 Å². The highest BCUT2D eigenvalue weighted by Gasteiger charge is 2.43. The Hall–Kier alpha value is -2.45. The van der Waals surface area contributed by atoms with Gasteiger partial charge in [0.25, 0.3) is 5.91 Å². The Kier molecular flexibility index (Phi) is 5.79. The predicted molar refractivity (Wildman–Crippen MR) is 121 cm³/mol. The summed E-state index contributed by atoms with van der Waals surface area (Å²) in [6.07, 6.45) is 0. The summed E-state index contributed by atoms with van der Waals surface area (Å²) in [6, 6.07) is 14.4. The lowest BCUT2D eigenvalue weighted by Gasteiger charge is -2.41. The quantitative estimate of drug-likeness (QED) is 0.719. The first kappa shape index (κ1) is 20.8. The van der Waals surface area contributed by atoms with Gasteiger partial charge in [0.1, 0.15) is 5.54 Å². The minimum atomic E-state index is -1.10. The Morgan fingerprint density at radius 2 is 1.77 bits per heavy atom. The Balaban J connectivity index is 1.45. The minimum Gasteiger partial charge on any atom is -0.452 e. The molecule has 1 N–H and O–H groups in total. The van der Waals surface area contributed by atoms with Crippen molar-refractivity contribution >= 4 is 52.7 Å². The van der Waals surface area contributed by atoms with Crippen LogP contribution in [0.25, 0.3) is 0 Å². The number of nitrogens with one attached hydrogen (secondary N) is 1. The number of ether oxygens (including phenoxy) is 1. The van der Waals surface area contributed by atoms with Crippen LogP contribution in [-0.4, -0.2) is 41.4 Å². The van der Waals surface area contributed by atoms with Crippen LogP contribution in [0.4, 0.5) is 11.4 Å². The van der Waals surface area contributed by atoms with Crippen molar-refractivity contribution in [1.29, 1.82) is 0 Å². The molecule has 2 heterocycles. The van der Waals surface area contributed by atoms with Crippen molar-refractivity contribution in [2.45, 2.75) is 24.0 Å². The summed E-state index contributed by atoms with van der Waals surface area (Å²) in [7, 11) is 0. The number of carbonyl (C=O) groups is 3. The molecule has 0 radical (unpaired) electrons. The standard InChI is InChI=1S/C22H22N2O4S2/c1-22(2)21(27)23-16-5-3-4-6-17(16)24(22)18(25)13-28-19(26)14-7-9-15(10-8-14)20-29-11-12-30-20/h3-10,20H,11-13H2,1-2H3,(H,23,27). The van der Waals surface area contributed by atoms with Gasteiger partial charge in [-0.25, -0.2) is 4.79 Å². The molecular weight excluding hydrogens is 420 g/mol. The fourth-order valence-corrected chi connectivity index (χ4v) is 6.36. The van der Waals surface area contributed by atoms with E-state index < -0.39 is 24.0 Å². The largest absolute Gasteiger partial charge is 0.452 e. The highest BCUT2D eigenvalue weighted by Crippen LogP contribution is 2.45. The molecule has 0 spiro atoms. The summed E-state index contributed by atoms with van der Waals surface area (Å²) in [5.74, 6) is 0.962. The van der Waals surface area contributed by atoms with E-state index in [4.69, 9.17) is 4.74 Å². The van der Waals surface area contributed by atoms with Gasteiger partial charge in [0.2, 0.25) is 5.91 Å². The van der Waals surface area contributed by atoms with E-state index in [1.165, 1.54) is 10.5 Å². The molecule has 0 aliphatic carbocycles. The monoisotopic (exact) mass is 442 g/mol. The molecule has 2 aliphatic rings. The fourth-order valence-electron chi connectivity index (χ4n) is 3.50. The van der Waals surface area contributed by atoms with Crippen LogP contribution in [0.5, 0.6) is 0 Å². The summed E-state index contributed by atoms with van der Waals surface area (Å²) < 4.78 is 5.69. The third kappa shape index (κ3) is 3.94. The van der Waals surface area contributed by atoms with E-state index in [0.717, 1.165) is 11.5 Å². The molecule has 8 heteroatoms. The van der Waals surface area contributed by atoms with Gasteiger partial charge in [-0.05, 0) is 43.7 Å². The Bertz CT molecular complexity index is 985. The first-order valence-corrected chi connectivity index (χ1v) is 11.7. The number of esters is 1. The SMILES string of the molecule is CC1(C)C(=O)Nc2ccccc2N1C(=O)COC(=O)c1ccc(C2SCCS2)cc1. The van der Waals surface area contributed by atoms with Crippen LogP contribution in [0.3, 0.4) is 0 Å². The molecule has 30 heavy (non-hydrogen) atoms. The van der Waals surface area contributed by atoms with Crippen molar-refractivity contribution in [3.05, 3.63) is 59.7 Å². The molecule has 0 atom stereocenters. The number of hydrogen-bond acceptors (Lipinski definition) is 6.